The highest BCUT2D eigenvalue weighted by molar-refractivity contribution is 5.99. The summed E-state index contributed by atoms with van der Waals surface area (Å²) in [5.41, 5.74) is 0.452. The summed E-state index contributed by atoms with van der Waals surface area (Å²) in [4.78, 5) is 42.9. The van der Waals surface area contributed by atoms with Crippen LogP contribution in [0.4, 0.5) is 10.1 Å². The number of carbonyl (C=O) groups excluding carboxylic acids is 1. The third-order valence-corrected chi connectivity index (χ3v) is 5.40. The molecule has 0 fully saturated rings. The molecule has 1 aliphatic heterocycles. The summed E-state index contributed by atoms with van der Waals surface area (Å²) in [7, 11) is 0. The Balaban J connectivity index is 1.75. The van der Waals surface area contributed by atoms with Gasteiger partial charge in [-0.2, -0.15) is 0 Å². The standard InChI is InChI=1S/C23H14FN3O5/c24-15-6-7-18-17(10-15)21(28)19-20(14-4-1-5-16(9-14)27(30)31)26(23(29)22(19)32-18)12-13-3-2-8-25-11-13/h1-11,20H,12H2/t20-/m0/s1. The normalized spacial score (nSPS) is 15.2. The summed E-state index contributed by atoms with van der Waals surface area (Å²) in [5, 5.41) is 11.3. The number of fused-ring (bicyclic) bond motifs is 2. The van der Waals surface area contributed by atoms with Crippen LogP contribution >= 0.6 is 0 Å². The number of benzene rings is 2. The molecule has 2 aromatic carbocycles. The first-order valence-corrected chi connectivity index (χ1v) is 9.64. The second-order valence-corrected chi connectivity index (χ2v) is 7.36. The Morgan fingerprint density at radius 2 is 1.97 bits per heavy atom. The van der Waals surface area contributed by atoms with Gasteiger partial charge in [-0.05, 0) is 35.4 Å². The van der Waals surface area contributed by atoms with Crippen molar-refractivity contribution < 1.29 is 18.5 Å². The molecule has 9 heteroatoms. The molecule has 0 N–H and O–H groups in total. The zero-order valence-electron chi connectivity index (χ0n) is 16.4. The number of halogens is 1. The lowest BCUT2D eigenvalue weighted by molar-refractivity contribution is -0.384. The first-order valence-electron chi connectivity index (χ1n) is 9.64. The predicted molar refractivity (Wildman–Crippen MR) is 111 cm³/mol. The van der Waals surface area contributed by atoms with Gasteiger partial charge >= 0.3 is 0 Å². The summed E-state index contributed by atoms with van der Waals surface area (Å²) in [6, 6.07) is 11.8. The molecule has 32 heavy (non-hydrogen) atoms. The van der Waals surface area contributed by atoms with E-state index < -0.39 is 28.1 Å². The Bertz CT molecular complexity index is 1450. The van der Waals surface area contributed by atoms with Crippen LogP contribution in [0.2, 0.25) is 0 Å². The van der Waals surface area contributed by atoms with Gasteiger partial charge in [-0.25, -0.2) is 4.39 Å². The van der Waals surface area contributed by atoms with Crippen molar-refractivity contribution in [2.24, 2.45) is 0 Å². The Kier molecular flexibility index (Phi) is 4.51. The van der Waals surface area contributed by atoms with E-state index in [4.69, 9.17) is 4.42 Å². The van der Waals surface area contributed by atoms with Gasteiger partial charge in [0.05, 0.1) is 21.9 Å². The number of pyridine rings is 1. The van der Waals surface area contributed by atoms with E-state index in [1.165, 1.54) is 29.2 Å². The number of non-ortho nitro benzene ring substituents is 1. The van der Waals surface area contributed by atoms with E-state index >= 15 is 0 Å². The molecule has 1 amide bonds. The molecular formula is C23H14FN3O5. The Labute approximate surface area is 179 Å². The van der Waals surface area contributed by atoms with Crippen LogP contribution < -0.4 is 5.43 Å². The van der Waals surface area contributed by atoms with E-state index in [0.717, 1.165) is 12.1 Å². The fourth-order valence-corrected chi connectivity index (χ4v) is 4.00. The highest BCUT2D eigenvalue weighted by atomic mass is 19.1. The molecule has 1 atom stereocenters. The van der Waals surface area contributed by atoms with Crippen LogP contribution in [-0.2, 0) is 6.54 Å². The molecule has 1 aliphatic rings. The zero-order valence-corrected chi connectivity index (χ0v) is 16.4. The molecule has 0 bridgehead atoms. The van der Waals surface area contributed by atoms with Crippen molar-refractivity contribution in [2.45, 2.75) is 12.6 Å². The third-order valence-electron chi connectivity index (χ3n) is 5.40. The fourth-order valence-electron chi connectivity index (χ4n) is 4.00. The average Bonchev–Trinajstić information content (AvgIpc) is 3.07. The van der Waals surface area contributed by atoms with Crippen molar-refractivity contribution in [3.8, 4) is 0 Å². The number of hydrogen-bond acceptors (Lipinski definition) is 6. The molecule has 0 aliphatic carbocycles. The van der Waals surface area contributed by atoms with Gasteiger partial charge in [0, 0.05) is 31.1 Å². The summed E-state index contributed by atoms with van der Waals surface area (Å²) in [5.74, 6) is -1.31. The number of nitro groups is 1. The number of nitro benzene ring substituents is 1. The number of carbonyl (C=O) groups is 1. The van der Waals surface area contributed by atoms with E-state index in [2.05, 4.69) is 4.98 Å². The predicted octanol–water partition coefficient (Wildman–Crippen LogP) is 3.98. The lowest BCUT2D eigenvalue weighted by Gasteiger charge is -2.25. The average molecular weight is 431 g/mol. The maximum Gasteiger partial charge on any atom is 0.291 e. The first kappa shape index (κ1) is 19.6. The van der Waals surface area contributed by atoms with Gasteiger partial charge in [-0.3, -0.25) is 24.7 Å². The van der Waals surface area contributed by atoms with Gasteiger partial charge in [-0.1, -0.05) is 18.2 Å². The van der Waals surface area contributed by atoms with Crippen molar-refractivity contribution in [2.75, 3.05) is 0 Å². The lowest BCUT2D eigenvalue weighted by Crippen LogP contribution is -2.29. The maximum atomic E-state index is 13.8. The molecule has 5 rings (SSSR count). The summed E-state index contributed by atoms with van der Waals surface area (Å²) < 4.78 is 19.6. The Morgan fingerprint density at radius 3 is 2.72 bits per heavy atom. The molecule has 158 valence electrons. The second kappa shape index (κ2) is 7.38. The van der Waals surface area contributed by atoms with Crippen molar-refractivity contribution in [1.82, 2.24) is 9.88 Å². The molecule has 2 aromatic heterocycles. The van der Waals surface area contributed by atoms with Crippen LogP contribution in [0.25, 0.3) is 11.0 Å². The Hall–Kier alpha value is -4.40. The summed E-state index contributed by atoms with van der Waals surface area (Å²) >= 11 is 0. The maximum absolute atomic E-state index is 13.8. The smallest absolute Gasteiger partial charge is 0.291 e. The molecule has 8 nitrogen and oxygen atoms in total. The highest BCUT2D eigenvalue weighted by Crippen LogP contribution is 2.39. The van der Waals surface area contributed by atoms with Crippen LogP contribution in [0.3, 0.4) is 0 Å². The van der Waals surface area contributed by atoms with Crippen molar-refractivity contribution in [3.63, 3.8) is 0 Å². The van der Waals surface area contributed by atoms with Crippen molar-refractivity contribution >= 4 is 22.6 Å². The summed E-state index contributed by atoms with van der Waals surface area (Å²) in [6.07, 6.45) is 3.18. The summed E-state index contributed by atoms with van der Waals surface area (Å²) in [6.45, 7) is 0.0916. The van der Waals surface area contributed by atoms with Gasteiger partial charge in [0.1, 0.15) is 11.4 Å². The lowest BCUT2D eigenvalue weighted by atomic mass is 9.98. The highest BCUT2D eigenvalue weighted by Gasteiger charge is 2.43. The molecule has 0 saturated carbocycles. The molecule has 4 aromatic rings. The minimum atomic E-state index is -0.943. The van der Waals surface area contributed by atoms with E-state index in [0.29, 0.717) is 11.1 Å². The van der Waals surface area contributed by atoms with Crippen LogP contribution in [-0.4, -0.2) is 20.7 Å². The van der Waals surface area contributed by atoms with E-state index in [1.807, 2.05) is 0 Å². The van der Waals surface area contributed by atoms with Crippen molar-refractivity contribution in [3.05, 3.63) is 116 Å². The SMILES string of the molecule is O=C1c2oc3ccc(F)cc3c(=O)c2[C@H](c2cccc([N+](=O)[O-])c2)N1Cc1cccnc1. The van der Waals surface area contributed by atoms with E-state index in [9.17, 15) is 24.1 Å². The van der Waals surface area contributed by atoms with Gasteiger partial charge in [0.15, 0.2) is 5.43 Å². The molecule has 0 saturated heterocycles. The van der Waals surface area contributed by atoms with Gasteiger partial charge in [-0.15, -0.1) is 0 Å². The van der Waals surface area contributed by atoms with E-state index in [-0.39, 0.29) is 34.5 Å². The molecule has 0 radical (unpaired) electrons. The van der Waals surface area contributed by atoms with Crippen LogP contribution in [0.15, 0.2) is 76.2 Å². The topological polar surface area (TPSA) is 107 Å². The largest absolute Gasteiger partial charge is 0.450 e. The second-order valence-electron chi connectivity index (χ2n) is 7.36. The Morgan fingerprint density at radius 1 is 1.12 bits per heavy atom. The number of amides is 1. The van der Waals surface area contributed by atoms with Gasteiger partial charge < -0.3 is 9.32 Å². The molecular weight excluding hydrogens is 417 g/mol. The fraction of sp³-hybridized carbons (Fsp3) is 0.0870. The molecule has 0 spiro atoms. The third kappa shape index (κ3) is 3.11. The number of aromatic nitrogens is 1. The molecule has 3 heterocycles. The quantitative estimate of drug-likeness (QED) is 0.357. The van der Waals surface area contributed by atoms with Crippen LogP contribution in [0.5, 0.6) is 0 Å². The van der Waals surface area contributed by atoms with Gasteiger partial charge in [0.2, 0.25) is 5.76 Å². The van der Waals surface area contributed by atoms with Gasteiger partial charge in [0.25, 0.3) is 11.6 Å². The number of nitrogens with zero attached hydrogens (tertiary/aromatic N) is 3. The molecule has 0 unspecified atom stereocenters. The minimum absolute atomic E-state index is 0.00444. The number of hydrogen-bond donors (Lipinski definition) is 0. The first-order chi connectivity index (χ1) is 15.4. The van der Waals surface area contributed by atoms with E-state index in [1.54, 1.807) is 30.6 Å². The van der Waals surface area contributed by atoms with Crippen LogP contribution in [0.1, 0.15) is 33.3 Å². The minimum Gasteiger partial charge on any atom is -0.450 e. The van der Waals surface area contributed by atoms with Crippen LogP contribution in [0, 0.1) is 15.9 Å². The number of rotatable bonds is 4. The monoisotopic (exact) mass is 431 g/mol. The zero-order chi connectivity index (χ0) is 22.4. The van der Waals surface area contributed by atoms with Crippen molar-refractivity contribution in [1.29, 1.82) is 0 Å².